The zero-order valence-corrected chi connectivity index (χ0v) is 13.6. The van der Waals surface area contributed by atoms with Gasteiger partial charge in [-0.05, 0) is 54.2 Å². The lowest BCUT2D eigenvalue weighted by Crippen LogP contribution is -1.94. The molecule has 1 nitrogen and oxygen atoms in total. The lowest BCUT2D eigenvalue weighted by molar-refractivity contribution is 0.621. The Hall–Kier alpha value is -2.92. The van der Waals surface area contributed by atoms with Crippen LogP contribution in [0.2, 0.25) is 0 Å². The van der Waals surface area contributed by atoms with Gasteiger partial charge in [-0.25, -0.2) is 4.39 Å². The van der Waals surface area contributed by atoms with Crippen LogP contribution in [0, 0.1) is 24.1 Å². The molecule has 24 heavy (non-hydrogen) atoms. The topological polar surface area (TPSA) is 23.8 Å². The number of nitrogens with zero attached hydrogens (tertiary/aromatic N) is 1. The average molecular weight is 315 g/mol. The van der Waals surface area contributed by atoms with Crippen LogP contribution in [0.5, 0.6) is 0 Å². The summed E-state index contributed by atoms with van der Waals surface area (Å²) < 4.78 is 13.6. The third kappa shape index (κ3) is 3.70. The van der Waals surface area contributed by atoms with E-state index >= 15 is 0 Å². The average Bonchev–Trinajstić information content (AvgIpc) is 2.61. The Kier molecular flexibility index (Phi) is 4.72. The van der Waals surface area contributed by atoms with Crippen LogP contribution >= 0.6 is 0 Å². The number of benzene rings is 3. The second-order valence-corrected chi connectivity index (χ2v) is 5.99. The predicted octanol–water partition coefficient (Wildman–Crippen LogP) is 5.46. The normalized spacial score (nSPS) is 10.4. The molecule has 0 saturated heterocycles. The van der Waals surface area contributed by atoms with E-state index in [4.69, 9.17) is 5.26 Å². The minimum absolute atomic E-state index is 0.0983. The van der Waals surface area contributed by atoms with Gasteiger partial charge in [-0.2, -0.15) is 5.26 Å². The summed E-state index contributed by atoms with van der Waals surface area (Å²) >= 11 is 0. The fraction of sp³-hybridized carbons (Fsp3) is 0.136. The van der Waals surface area contributed by atoms with Crippen molar-refractivity contribution in [3.05, 3.63) is 94.8 Å². The predicted molar refractivity (Wildman–Crippen MR) is 95.1 cm³/mol. The molecule has 0 aliphatic heterocycles. The number of hydrogen-bond acceptors (Lipinski definition) is 1. The molecular weight excluding hydrogens is 297 g/mol. The molecule has 0 aliphatic carbocycles. The van der Waals surface area contributed by atoms with Crippen LogP contribution < -0.4 is 0 Å². The van der Waals surface area contributed by atoms with Crippen LogP contribution in [0.1, 0.15) is 22.3 Å². The van der Waals surface area contributed by atoms with Gasteiger partial charge in [0.1, 0.15) is 11.9 Å². The maximum atomic E-state index is 13.6. The minimum Gasteiger partial charge on any atom is -0.206 e. The highest BCUT2D eigenvalue weighted by Gasteiger charge is 2.04. The molecule has 0 aliphatic rings. The van der Waals surface area contributed by atoms with E-state index in [-0.39, 0.29) is 5.56 Å². The van der Waals surface area contributed by atoms with Gasteiger partial charge in [0.05, 0.1) is 5.56 Å². The van der Waals surface area contributed by atoms with E-state index in [1.807, 2.05) is 12.1 Å². The molecule has 0 fully saturated rings. The van der Waals surface area contributed by atoms with Gasteiger partial charge in [0, 0.05) is 0 Å². The first-order valence-electron chi connectivity index (χ1n) is 8.00. The number of halogens is 1. The third-order valence-electron chi connectivity index (χ3n) is 4.20. The van der Waals surface area contributed by atoms with Crippen LogP contribution in [-0.4, -0.2) is 0 Å². The molecule has 118 valence electrons. The lowest BCUT2D eigenvalue weighted by atomic mass is 9.99. The fourth-order valence-electron chi connectivity index (χ4n) is 2.70. The van der Waals surface area contributed by atoms with Crippen LogP contribution in [0.25, 0.3) is 11.1 Å². The van der Waals surface area contributed by atoms with Crippen molar-refractivity contribution in [1.82, 2.24) is 0 Å². The Balaban J connectivity index is 1.67. The second kappa shape index (κ2) is 7.10. The molecule has 0 spiro atoms. The summed E-state index contributed by atoms with van der Waals surface area (Å²) in [6.07, 6.45) is 1.60. The summed E-state index contributed by atoms with van der Waals surface area (Å²) in [7, 11) is 0. The molecule has 0 atom stereocenters. The highest BCUT2D eigenvalue weighted by Crippen LogP contribution is 2.21. The number of aryl methyl sites for hydroxylation is 3. The largest absolute Gasteiger partial charge is 0.206 e. The smallest absolute Gasteiger partial charge is 0.141 e. The van der Waals surface area contributed by atoms with Crippen LogP contribution in [0.3, 0.4) is 0 Å². The van der Waals surface area contributed by atoms with Gasteiger partial charge in [-0.1, -0.05) is 60.2 Å². The summed E-state index contributed by atoms with van der Waals surface area (Å²) in [5.74, 6) is -0.440. The standard InChI is InChI=1S/C22H18FN/c1-16-2-9-19(10-3-16)20-11-6-17(7-12-20)4-5-18-8-13-21(15-24)22(23)14-18/h2-3,6-14H,4-5H2,1H3. The molecule has 0 aromatic heterocycles. The van der Waals surface area contributed by atoms with Crippen molar-refractivity contribution < 1.29 is 4.39 Å². The first kappa shape index (κ1) is 16.0. The molecule has 0 amide bonds. The molecular formula is C22H18FN. The van der Waals surface area contributed by atoms with Crippen molar-refractivity contribution >= 4 is 0 Å². The van der Waals surface area contributed by atoms with Crippen LogP contribution in [0.4, 0.5) is 4.39 Å². The molecule has 0 heterocycles. The van der Waals surface area contributed by atoms with Crippen molar-refractivity contribution in [1.29, 1.82) is 5.26 Å². The highest BCUT2D eigenvalue weighted by molar-refractivity contribution is 5.63. The summed E-state index contributed by atoms with van der Waals surface area (Å²) in [6, 6.07) is 23.6. The number of hydrogen-bond donors (Lipinski definition) is 0. The van der Waals surface area contributed by atoms with Crippen LogP contribution in [-0.2, 0) is 12.8 Å². The maximum absolute atomic E-state index is 13.6. The van der Waals surface area contributed by atoms with Gasteiger partial charge in [0.15, 0.2) is 0 Å². The molecule has 0 saturated carbocycles. The van der Waals surface area contributed by atoms with Crippen molar-refractivity contribution in [2.24, 2.45) is 0 Å². The molecule has 0 N–H and O–H groups in total. The van der Waals surface area contributed by atoms with Crippen molar-refractivity contribution in [2.45, 2.75) is 19.8 Å². The van der Waals surface area contributed by atoms with E-state index in [9.17, 15) is 4.39 Å². The Bertz CT molecular complexity index is 871. The Morgan fingerprint density at radius 1 is 0.792 bits per heavy atom. The zero-order valence-electron chi connectivity index (χ0n) is 13.6. The third-order valence-corrected chi connectivity index (χ3v) is 4.20. The Labute approximate surface area is 142 Å². The maximum Gasteiger partial charge on any atom is 0.141 e. The summed E-state index contributed by atoms with van der Waals surface area (Å²) in [6.45, 7) is 2.08. The number of nitriles is 1. The second-order valence-electron chi connectivity index (χ2n) is 5.99. The molecule has 3 aromatic rings. The molecule has 0 unspecified atom stereocenters. The van der Waals surface area contributed by atoms with E-state index < -0.39 is 5.82 Å². The Morgan fingerprint density at radius 3 is 1.92 bits per heavy atom. The van der Waals surface area contributed by atoms with E-state index in [1.54, 1.807) is 6.07 Å². The first-order chi connectivity index (χ1) is 11.7. The minimum atomic E-state index is -0.440. The summed E-state index contributed by atoms with van der Waals surface area (Å²) in [5, 5.41) is 8.76. The summed E-state index contributed by atoms with van der Waals surface area (Å²) in [5.41, 5.74) is 5.89. The molecule has 3 rings (SSSR count). The van der Waals surface area contributed by atoms with E-state index in [2.05, 4.69) is 55.5 Å². The van der Waals surface area contributed by atoms with Crippen molar-refractivity contribution in [3.8, 4) is 17.2 Å². The van der Waals surface area contributed by atoms with Gasteiger partial charge in [0.2, 0.25) is 0 Å². The molecule has 2 heteroatoms. The molecule has 3 aromatic carbocycles. The van der Waals surface area contributed by atoms with Crippen LogP contribution in [0.15, 0.2) is 66.7 Å². The van der Waals surface area contributed by atoms with Gasteiger partial charge in [-0.15, -0.1) is 0 Å². The van der Waals surface area contributed by atoms with Gasteiger partial charge >= 0.3 is 0 Å². The van der Waals surface area contributed by atoms with Crippen molar-refractivity contribution in [2.75, 3.05) is 0 Å². The quantitative estimate of drug-likeness (QED) is 0.627. The van der Waals surface area contributed by atoms with E-state index in [1.165, 1.54) is 28.3 Å². The van der Waals surface area contributed by atoms with Gasteiger partial charge < -0.3 is 0 Å². The first-order valence-corrected chi connectivity index (χ1v) is 8.00. The van der Waals surface area contributed by atoms with Crippen molar-refractivity contribution in [3.63, 3.8) is 0 Å². The lowest BCUT2D eigenvalue weighted by Gasteiger charge is -2.06. The SMILES string of the molecule is Cc1ccc(-c2ccc(CCc3ccc(C#N)c(F)c3)cc2)cc1. The number of rotatable bonds is 4. The molecule has 0 radical (unpaired) electrons. The fourth-order valence-corrected chi connectivity index (χ4v) is 2.70. The molecule has 0 bridgehead atoms. The Morgan fingerprint density at radius 2 is 1.33 bits per heavy atom. The van der Waals surface area contributed by atoms with E-state index in [0.29, 0.717) is 0 Å². The zero-order chi connectivity index (χ0) is 16.9. The monoisotopic (exact) mass is 315 g/mol. The van der Waals surface area contributed by atoms with E-state index in [0.717, 1.165) is 18.4 Å². The van der Waals surface area contributed by atoms with Gasteiger partial charge in [0.25, 0.3) is 0 Å². The highest BCUT2D eigenvalue weighted by atomic mass is 19.1. The van der Waals surface area contributed by atoms with Gasteiger partial charge in [-0.3, -0.25) is 0 Å². The summed E-state index contributed by atoms with van der Waals surface area (Å²) in [4.78, 5) is 0.